The fraction of sp³-hybridized carbons (Fsp3) is 0.200. The number of nitrogens with one attached hydrogen (secondary N) is 2. The van der Waals surface area contributed by atoms with Gasteiger partial charge in [0.25, 0.3) is 5.91 Å². The van der Waals surface area contributed by atoms with E-state index >= 15 is 0 Å². The highest BCUT2D eigenvalue weighted by molar-refractivity contribution is 6.05. The summed E-state index contributed by atoms with van der Waals surface area (Å²) in [5.74, 6) is -0.324. The van der Waals surface area contributed by atoms with Gasteiger partial charge >= 0.3 is 11.1 Å². The first kappa shape index (κ1) is 14.8. The van der Waals surface area contributed by atoms with E-state index in [9.17, 15) is 14.4 Å². The highest BCUT2D eigenvalue weighted by Gasteiger charge is 2.11. The number of hydrogen-bond acceptors (Lipinski definition) is 4. The van der Waals surface area contributed by atoms with Crippen LogP contribution in [0, 0.1) is 0 Å². The van der Waals surface area contributed by atoms with Gasteiger partial charge in [-0.25, -0.2) is 0 Å². The van der Waals surface area contributed by atoms with Crippen molar-refractivity contribution in [3.05, 3.63) is 56.9 Å². The number of amides is 1. The molecule has 3 rings (SSSR count). The lowest BCUT2D eigenvalue weighted by molar-refractivity contribution is 0.102. The average Bonchev–Trinajstić information content (AvgIpc) is 2.93. The molecule has 2 heterocycles. The number of carbonyl (C=O) groups is 1. The summed E-state index contributed by atoms with van der Waals surface area (Å²) in [7, 11) is 1.75. The number of aromatic nitrogens is 4. The van der Waals surface area contributed by atoms with Crippen molar-refractivity contribution in [1.82, 2.24) is 19.3 Å². The van der Waals surface area contributed by atoms with Gasteiger partial charge < -0.3 is 14.9 Å². The van der Waals surface area contributed by atoms with E-state index in [4.69, 9.17) is 0 Å². The van der Waals surface area contributed by atoms with Crippen molar-refractivity contribution in [2.75, 3.05) is 5.32 Å². The van der Waals surface area contributed by atoms with Crippen LogP contribution in [0.5, 0.6) is 0 Å². The summed E-state index contributed by atoms with van der Waals surface area (Å²) in [5.41, 5.74) is 0.657. The van der Waals surface area contributed by atoms with Gasteiger partial charge in [0.1, 0.15) is 0 Å². The van der Waals surface area contributed by atoms with E-state index in [1.54, 1.807) is 43.0 Å². The lowest BCUT2D eigenvalue weighted by Gasteiger charge is -2.08. The Kier molecular flexibility index (Phi) is 3.57. The van der Waals surface area contributed by atoms with E-state index < -0.39 is 11.1 Å². The Morgan fingerprint density at radius 1 is 1.35 bits per heavy atom. The molecular formula is C15H15N5O3. The Morgan fingerprint density at radius 2 is 2.13 bits per heavy atom. The zero-order valence-corrected chi connectivity index (χ0v) is 12.7. The van der Waals surface area contributed by atoms with Crippen molar-refractivity contribution in [1.29, 1.82) is 0 Å². The molecule has 0 fully saturated rings. The molecule has 0 radical (unpaired) electrons. The third-order valence-electron chi connectivity index (χ3n) is 3.52. The van der Waals surface area contributed by atoms with Gasteiger partial charge in [-0.15, -0.1) is 0 Å². The normalized spacial score (nSPS) is 10.9. The minimum absolute atomic E-state index is 0.324. The van der Waals surface area contributed by atoms with E-state index in [-0.39, 0.29) is 5.91 Å². The van der Waals surface area contributed by atoms with Crippen LogP contribution < -0.4 is 16.4 Å². The second-order valence-corrected chi connectivity index (χ2v) is 5.09. The first-order chi connectivity index (χ1) is 11.0. The summed E-state index contributed by atoms with van der Waals surface area (Å²) >= 11 is 0. The van der Waals surface area contributed by atoms with Crippen molar-refractivity contribution in [2.45, 2.75) is 13.5 Å². The van der Waals surface area contributed by atoms with Crippen molar-refractivity contribution in [3.8, 4) is 0 Å². The number of rotatable bonds is 3. The Hall–Kier alpha value is -3.16. The van der Waals surface area contributed by atoms with Crippen LogP contribution in [0.3, 0.4) is 0 Å². The third kappa shape index (κ3) is 2.66. The van der Waals surface area contributed by atoms with Gasteiger partial charge in [-0.3, -0.25) is 19.1 Å². The predicted octanol–water partition coefficient (Wildman–Crippen LogP) is 0.695. The quantitative estimate of drug-likeness (QED) is 0.695. The molecule has 118 valence electrons. The minimum Gasteiger partial charge on any atom is -0.319 e. The molecule has 8 nitrogen and oxygen atoms in total. The van der Waals surface area contributed by atoms with Gasteiger partial charge in [-0.1, -0.05) is 0 Å². The molecule has 23 heavy (non-hydrogen) atoms. The van der Waals surface area contributed by atoms with Gasteiger partial charge in [0.2, 0.25) is 0 Å². The van der Waals surface area contributed by atoms with E-state index in [1.807, 2.05) is 0 Å². The van der Waals surface area contributed by atoms with Crippen molar-refractivity contribution in [3.63, 3.8) is 0 Å². The largest absolute Gasteiger partial charge is 0.319 e. The molecule has 0 aliphatic carbocycles. The van der Waals surface area contributed by atoms with Gasteiger partial charge in [-0.05, 0) is 25.1 Å². The molecule has 0 saturated carbocycles. The number of H-pyrrole nitrogens is 1. The van der Waals surface area contributed by atoms with Gasteiger partial charge in [0, 0.05) is 25.4 Å². The molecule has 2 aromatic heterocycles. The summed E-state index contributed by atoms with van der Waals surface area (Å²) in [4.78, 5) is 38.3. The smallest absolute Gasteiger partial charge is 0.316 e. The summed E-state index contributed by atoms with van der Waals surface area (Å²) < 4.78 is 2.95. The number of fused-ring (bicyclic) bond motifs is 1. The van der Waals surface area contributed by atoms with Gasteiger partial charge in [0.15, 0.2) is 0 Å². The lowest BCUT2D eigenvalue weighted by Crippen LogP contribution is -2.36. The number of benzene rings is 1. The standard InChI is InChI=1S/C15H15N5O3/c1-3-20-12-5-4-9(6-11(12)18-14(22)15(20)23)13(21)17-10-7-16-19(2)8-10/h4-8H,3H2,1-2H3,(H,17,21)(H,18,22). The summed E-state index contributed by atoms with van der Waals surface area (Å²) in [5, 5.41) is 6.69. The average molecular weight is 313 g/mol. The highest BCUT2D eigenvalue weighted by Crippen LogP contribution is 2.13. The number of carbonyl (C=O) groups excluding carboxylic acids is 1. The second-order valence-electron chi connectivity index (χ2n) is 5.09. The first-order valence-corrected chi connectivity index (χ1v) is 7.06. The van der Waals surface area contributed by atoms with E-state index in [0.29, 0.717) is 28.8 Å². The molecule has 0 spiro atoms. The van der Waals surface area contributed by atoms with E-state index in [2.05, 4.69) is 15.4 Å². The van der Waals surface area contributed by atoms with Gasteiger partial charge in [0.05, 0.1) is 22.9 Å². The Balaban J connectivity index is 2.03. The molecule has 3 aromatic rings. The molecule has 8 heteroatoms. The van der Waals surface area contributed by atoms with Crippen LogP contribution in [-0.2, 0) is 13.6 Å². The second kappa shape index (κ2) is 5.56. The zero-order valence-electron chi connectivity index (χ0n) is 12.7. The summed E-state index contributed by atoms with van der Waals surface area (Å²) in [6.45, 7) is 2.16. The third-order valence-corrected chi connectivity index (χ3v) is 3.52. The maximum atomic E-state index is 12.3. The van der Waals surface area contributed by atoms with Crippen LogP contribution in [0.4, 0.5) is 5.69 Å². The van der Waals surface area contributed by atoms with E-state index in [0.717, 1.165) is 0 Å². The Bertz CT molecular complexity index is 1010. The Labute approximate surface area is 130 Å². The van der Waals surface area contributed by atoms with Gasteiger partial charge in [-0.2, -0.15) is 5.10 Å². The molecule has 0 bridgehead atoms. The molecule has 0 saturated heterocycles. The topological polar surface area (TPSA) is 102 Å². The Morgan fingerprint density at radius 3 is 2.78 bits per heavy atom. The number of hydrogen-bond donors (Lipinski definition) is 2. The van der Waals surface area contributed by atoms with Crippen LogP contribution >= 0.6 is 0 Å². The lowest BCUT2D eigenvalue weighted by atomic mass is 10.1. The fourth-order valence-electron chi connectivity index (χ4n) is 2.42. The van der Waals surface area contributed by atoms with Crippen molar-refractivity contribution < 1.29 is 4.79 Å². The van der Waals surface area contributed by atoms with Crippen LogP contribution in [0.2, 0.25) is 0 Å². The van der Waals surface area contributed by atoms with Crippen LogP contribution in [0.25, 0.3) is 11.0 Å². The van der Waals surface area contributed by atoms with Crippen LogP contribution in [-0.4, -0.2) is 25.2 Å². The van der Waals surface area contributed by atoms with Crippen LogP contribution in [0.15, 0.2) is 40.2 Å². The maximum Gasteiger partial charge on any atom is 0.316 e. The molecule has 0 aliphatic rings. The zero-order chi connectivity index (χ0) is 16.6. The van der Waals surface area contributed by atoms with Crippen molar-refractivity contribution >= 4 is 22.6 Å². The molecule has 1 aromatic carbocycles. The number of aryl methyl sites for hydroxylation is 2. The molecule has 0 aliphatic heterocycles. The molecule has 2 N–H and O–H groups in total. The van der Waals surface area contributed by atoms with E-state index in [1.165, 1.54) is 10.8 Å². The SMILES string of the molecule is CCn1c(=O)c(=O)[nH]c2cc(C(=O)Nc3cnn(C)c3)ccc21. The predicted molar refractivity (Wildman–Crippen MR) is 85.7 cm³/mol. The first-order valence-electron chi connectivity index (χ1n) is 7.06. The molecule has 0 unspecified atom stereocenters. The molecule has 0 atom stereocenters. The maximum absolute atomic E-state index is 12.3. The highest BCUT2D eigenvalue weighted by atomic mass is 16.2. The summed E-state index contributed by atoms with van der Waals surface area (Å²) in [6.07, 6.45) is 3.21. The number of nitrogens with zero attached hydrogens (tertiary/aromatic N) is 3. The molecular weight excluding hydrogens is 298 g/mol. The molecule has 1 amide bonds. The number of aromatic amines is 1. The monoisotopic (exact) mass is 313 g/mol. The summed E-state index contributed by atoms with van der Waals surface area (Å²) in [6, 6.07) is 4.81. The number of anilines is 1. The minimum atomic E-state index is -0.704. The van der Waals surface area contributed by atoms with Crippen molar-refractivity contribution in [2.24, 2.45) is 7.05 Å². The van der Waals surface area contributed by atoms with Crippen LogP contribution in [0.1, 0.15) is 17.3 Å². The fourth-order valence-corrected chi connectivity index (χ4v) is 2.42.